The SMILES string of the molecule is COc1ccc2c(c1)c(C(=O)NC[C@@H]1CCCN(C)C1)c(C)n2C. The van der Waals surface area contributed by atoms with Crippen LogP contribution in [0, 0.1) is 12.8 Å². The smallest absolute Gasteiger partial charge is 0.253 e. The van der Waals surface area contributed by atoms with E-state index < -0.39 is 0 Å². The van der Waals surface area contributed by atoms with E-state index in [1.54, 1.807) is 7.11 Å². The number of nitrogens with one attached hydrogen (secondary N) is 1. The van der Waals surface area contributed by atoms with Gasteiger partial charge in [0, 0.05) is 36.7 Å². The van der Waals surface area contributed by atoms with Crippen molar-refractivity contribution in [3.05, 3.63) is 29.5 Å². The number of likely N-dealkylation sites (tertiary alicyclic amines) is 1. The summed E-state index contributed by atoms with van der Waals surface area (Å²) in [5, 5.41) is 4.10. The van der Waals surface area contributed by atoms with Crippen molar-refractivity contribution in [2.75, 3.05) is 33.8 Å². The molecule has 3 rings (SSSR count). The van der Waals surface area contributed by atoms with Gasteiger partial charge in [0.15, 0.2) is 0 Å². The minimum atomic E-state index is 0.0135. The van der Waals surface area contributed by atoms with Gasteiger partial charge >= 0.3 is 0 Å². The van der Waals surface area contributed by atoms with Crippen molar-refractivity contribution in [2.24, 2.45) is 13.0 Å². The van der Waals surface area contributed by atoms with Crippen LogP contribution in [0.4, 0.5) is 0 Å². The fourth-order valence-electron chi connectivity index (χ4n) is 3.73. The number of methoxy groups -OCH3 is 1. The second-order valence-electron chi connectivity index (χ2n) is 6.88. The molecular weight excluding hydrogens is 302 g/mol. The van der Waals surface area contributed by atoms with Crippen LogP contribution in [0.15, 0.2) is 18.2 Å². The highest BCUT2D eigenvalue weighted by Gasteiger charge is 2.22. The molecule has 130 valence electrons. The molecule has 1 N–H and O–H groups in total. The lowest BCUT2D eigenvalue weighted by molar-refractivity contribution is 0.0937. The molecule has 0 aliphatic carbocycles. The van der Waals surface area contributed by atoms with Crippen LogP contribution < -0.4 is 10.1 Å². The number of nitrogens with zero attached hydrogens (tertiary/aromatic N) is 2. The first kappa shape index (κ1) is 16.8. The zero-order valence-corrected chi connectivity index (χ0v) is 15.1. The number of carbonyl (C=O) groups is 1. The summed E-state index contributed by atoms with van der Waals surface area (Å²) in [5.74, 6) is 1.33. The summed E-state index contributed by atoms with van der Waals surface area (Å²) in [5.41, 5.74) is 2.79. The molecule has 0 bridgehead atoms. The molecule has 2 aromatic rings. The normalized spacial score (nSPS) is 18.8. The van der Waals surface area contributed by atoms with Crippen molar-refractivity contribution < 1.29 is 9.53 Å². The first-order valence-electron chi connectivity index (χ1n) is 8.61. The minimum absolute atomic E-state index is 0.0135. The van der Waals surface area contributed by atoms with Crippen LogP contribution in [0.5, 0.6) is 5.75 Å². The van der Waals surface area contributed by atoms with Crippen molar-refractivity contribution in [3.63, 3.8) is 0 Å². The largest absolute Gasteiger partial charge is 0.497 e. The molecule has 1 atom stereocenters. The number of hydrogen-bond acceptors (Lipinski definition) is 3. The highest BCUT2D eigenvalue weighted by atomic mass is 16.5. The molecule has 1 aromatic carbocycles. The van der Waals surface area contributed by atoms with E-state index in [0.717, 1.165) is 47.5 Å². The third-order valence-corrected chi connectivity index (χ3v) is 5.20. The molecule has 1 fully saturated rings. The van der Waals surface area contributed by atoms with Crippen molar-refractivity contribution in [1.29, 1.82) is 0 Å². The minimum Gasteiger partial charge on any atom is -0.497 e. The van der Waals surface area contributed by atoms with E-state index in [2.05, 4.69) is 21.8 Å². The molecule has 0 unspecified atom stereocenters. The summed E-state index contributed by atoms with van der Waals surface area (Å²) in [6, 6.07) is 5.89. The summed E-state index contributed by atoms with van der Waals surface area (Å²) in [6.45, 7) is 4.95. The van der Waals surface area contributed by atoms with Crippen LogP contribution in [0.25, 0.3) is 10.9 Å². The van der Waals surface area contributed by atoms with Crippen LogP contribution in [0.2, 0.25) is 0 Å². The number of fused-ring (bicyclic) bond motifs is 1. The van der Waals surface area contributed by atoms with Crippen molar-refractivity contribution in [2.45, 2.75) is 19.8 Å². The second kappa shape index (κ2) is 6.85. The molecule has 5 nitrogen and oxygen atoms in total. The molecule has 1 amide bonds. The molecule has 1 aromatic heterocycles. The van der Waals surface area contributed by atoms with E-state index >= 15 is 0 Å². The quantitative estimate of drug-likeness (QED) is 0.938. The van der Waals surface area contributed by atoms with Gasteiger partial charge in [0.25, 0.3) is 5.91 Å². The lowest BCUT2D eigenvalue weighted by atomic mass is 9.98. The van der Waals surface area contributed by atoms with E-state index in [0.29, 0.717) is 5.92 Å². The van der Waals surface area contributed by atoms with Crippen molar-refractivity contribution in [3.8, 4) is 5.75 Å². The van der Waals surface area contributed by atoms with Gasteiger partial charge in [0.1, 0.15) is 5.75 Å². The summed E-state index contributed by atoms with van der Waals surface area (Å²) in [6.07, 6.45) is 2.40. The monoisotopic (exact) mass is 329 g/mol. The molecule has 0 saturated carbocycles. The van der Waals surface area contributed by atoms with Gasteiger partial charge in [-0.3, -0.25) is 4.79 Å². The fraction of sp³-hybridized carbons (Fsp3) is 0.526. The molecular formula is C19H27N3O2. The Balaban J connectivity index is 1.82. The van der Waals surface area contributed by atoms with Gasteiger partial charge in [0.05, 0.1) is 12.7 Å². The Bertz CT molecular complexity index is 751. The van der Waals surface area contributed by atoms with Crippen LogP contribution >= 0.6 is 0 Å². The topological polar surface area (TPSA) is 46.5 Å². The third-order valence-electron chi connectivity index (χ3n) is 5.20. The Hall–Kier alpha value is -2.01. The second-order valence-corrected chi connectivity index (χ2v) is 6.88. The molecule has 0 radical (unpaired) electrons. The maximum atomic E-state index is 12.8. The van der Waals surface area contributed by atoms with Gasteiger partial charge in [-0.25, -0.2) is 0 Å². The number of amides is 1. The van der Waals surface area contributed by atoms with Gasteiger partial charge in [-0.15, -0.1) is 0 Å². The molecule has 1 aliphatic rings. The average Bonchev–Trinajstić information content (AvgIpc) is 2.83. The molecule has 5 heteroatoms. The number of aryl methyl sites for hydroxylation is 1. The molecule has 2 heterocycles. The first-order valence-corrected chi connectivity index (χ1v) is 8.61. The Labute approximate surface area is 143 Å². The lowest BCUT2D eigenvalue weighted by Gasteiger charge is -2.29. The Morgan fingerprint density at radius 1 is 1.38 bits per heavy atom. The van der Waals surface area contributed by atoms with E-state index in [9.17, 15) is 4.79 Å². The average molecular weight is 329 g/mol. The van der Waals surface area contributed by atoms with E-state index in [-0.39, 0.29) is 5.91 Å². The number of carbonyl (C=O) groups excluding carboxylic acids is 1. The van der Waals surface area contributed by atoms with Gasteiger partial charge < -0.3 is 19.5 Å². The first-order chi connectivity index (χ1) is 11.5. The molecule has 24 heavy (non-hydrogen) atoms. The zero-order valence-electron chi connectivity index (χ0n) is 15.1. The highest BCUT2D eigenvalue weighted by molar-refractivity contribution is 6.08. The Morgan fingerprint density at radius 2 is 2.17 bits per heavy atom. The predicted molar refractivity (Wildman–Crippen MR) is 96.8 cm³/mol. The summed E-state index contributed by atoms with van der Waals surface area (Å²) < 4.78 is 7.39. The van der Waals surface area contributed by atoms with E-state index in [1.807, 2.05) is 32.2 Å². The summed E-state index contributed by atoms with van der Waals surface area (Å²) in [7, 11) is 5.79. The Morgan fingerprint density at radius 3 is 2.88 bits per heavy atom. The fourth-order valence-corrected chi connectivity index (χ4v) is 3.73. The van der Waals surface area contributed by atoms with Crippen molar-refractivity contribution in [1.82, 2.24) is 14.8 Å². The maximum absolute atomic E-state index is 12.8. The summed E-state index contributed by atoms with van der Waals surface area (Å²) in [4.78, 5) is 15.2. The maximum Gasteiger partial charge on any atom is 0.253 e. The third kappa shape index (κ3) is 3.13. The number of piperidine rings is 1. The van der Waals surface area contributed by atoms with Gasteiger partial charge in [-0.2, -0.15) is 0 Å². The van der Waals surface area contributed by atoms with Crippen LogP contribution in [-0.4, -0.2) is 49.2 Å². The summed E-state index contributed by atoms with van der Waals surface area (Å²) >= 11 is 0. The van der Waals surface area contributed by atoms with E-state index in [1.165, 1.54) is 12.8 Å². The zero-order chi connectivity index (χ0) is 17.3. The van der Waals surface area contributed by atoms with Crippen molar-refractivity contribution >= 4 is 16.8 Å². The lowest BCUT2D eigenvalue weighted by Crippen LogP contribution is -2.39. The standard InChI is InChI=1S/C19H27N3O2/c1-13-18(16-10-15(24-4)7-8-17(16)22(13)3)19(23)20-11-14-6-5-9-21(2)12-14/h7-8,10,14H,5-6,9,11-12H2,1-4H3,(H,20,23)/t14-/m0/s1. The molecule has 0 spiro atoms. The van der Waals surface area contributed by atoms with Crippen LogP contribution in [0.1, 0.15) is 28.9 Å². The number of ether oxygens (including phenoxy) is 1. The number of rotatable bonds is 4. The number of aromatic nitrogens is 1. The molecule has 1 saturated heterocycles. The van der Waals surface area contributed by atoms with E-state index in [4.69, 9.17) is 4.74 Å². The van der Waals surface area contributed by atoms with Gasteiger partial charge in [0.2, 0.25) is 0 Å². The number of benzene rings is 1. The highest BCUT2D eigenvalue weighted by Crippen LogP contribution is 2.28. The van der Waals surface area contributed by atoms with Crippen LogP contribution in [0.3, 0.4) is 0 Å². The Kier molecular flexibility index (Phi) is 4.81. The number of hydrogen-bond donors (Lipinski definition) is 1. The predicted octanol–water partition coefficient (Wildman–Crippen LogP) is 2.57. The van der Waals surface area contributed by atoms with Gasteiger partial charge in [-0.05, 0) is 57.5 Å². The molecule has 1 aliphatic heterocycles. The van der Waals surface area contributed by atoms with Crippen LogP contribution in [-0.2, 0) is 7.05 Å². The van der Waals surface area contributed by atoms with Gasteiger partial charge in [-0.1, -0.05) is 0 Å².